The molecule has 0 bridgehead atoms. The number of benzene rings is 1. The number of hydrogen-bond acceptors (Lipinski definition) is 2. The standard InChI is InChI=1S/C14H20N2O2/c1-10(17)15-9-13(18)16-12-8-6-5-7-11(12)14(2,3)4/h5-8H,9H2,1-4H3,(H,15,17)(H,16,18). The number of para-hydroxylation sites is 1. The first-order chi connectivity index (χ1) is 8.30. The second-order valence-electron chi connectivity index (χ2n) is 5.25. The summed E-state index contributed by atoms with van der Waals surface area (Å²) >= 11 is 0. The van der Waals surface area contributed by atoms with E-state index in [1.165, 1.54) is 6.92 Å². The Labute approximate surface area is 108 Å². The van der Waals surface area contributed by atoms with Gasteiger partial charge in [-0.05, 0) is 17.0 Å². The highest BCUT2D eigenvalue weighted by Gasteiger charge is 2.18. The van der Waals surface area contributed by atoms with E-state index >= 15 is 0 Å². The largest absolute Gasteiger partial charge is 0.347 e. The molecule has 1 aromatic carbocycles. The van der Waals surface area contributed by atoms with E-state index in [1.807, 2.05) is 24.3 Å². The van der Waals surface area contributed by atoms with Crippen LogP contribution in [0.3, 0.4) is 0 Å². The van der Waals surface area contributed by atoms with Gasteiger partial charge in [-0.3, -0.25) is 9.59 Å². The lowest BCUT2D eigenvalue weighted by Gasteiger charge is -2.23. The molecule has 18 heavy (non-hydrogen) atoms. The Bertz CT molecular complexity index is 447. The first kappa shape index (κ1) is 14.2. The van der Waals surface area contributed by atoms with Crippen LogP contribution in [0, 0.1) is 0 Å². The summed E-state index contributed by atoms with van der Waals surface area (Å²) in [4.78, 5) is 22.4. The fourth-order valence-electron chi connectivity index (χ4n) is 1.65. The Morgan fingerprint density at radius 3 is 2.33 bits per heavy atom. The minimum absolute atomic E-state index is 0.00614. The molecule has 2 amide bonds. The van der Waals surface area contributed by atoms with Gasteiger partial charge in [-0.25, -0.2) is 0 Å². The maximum absolute atomic E-state index is 11.7. The van der Waals surface area contributed by atoms with E-state index in [0.717, 1.165) is 11.3 Å². The molecule has 4 heteroatoms. The summed E-state index contributed by atoms with van der Waals surface area (Å²) in [6.07, 6.45) is 0. The van der Waals surface area contributed by atoms with E-state index in [4.69, 9.17) is 0 Å². The highest BCUT2D eigenvalue weighted by atomic mass is 16.2. The quantitative estimate of drug-likeness (QED) is 0.860. The maximum Gasteiger partial charge on any atom is 0.243 e. The SMILES string of the molecule is CC(=O)NCC(=O)Nc1ccccc1C(C)(C)C. The zero-order valence-electron chi connectivity index (χ0n) is 11.3. The lowest BCUT2D eigenvalue weighted by molar-refractivity contribution is -0.122. The molecular weight excluding hydrogens is 228 g/mol. The molecule has 0 aliphatic heterocycles. The van der Waals surface area contributed by atoms with Gasteiger partial charge >= 0.3 is 0 Å². The molecule has 0 atom stereocenters. The van der Waals surface area contributed by atoms with Crippen molar-refractivity contribution in [2.75, 3.05) is 11.9 Å². The number of carbonyl (C=O) groups is 2. The van der Waals surface area contributed by atoms with E-state index in [-0.39, 0.29) is 23.8 Å². The summed E-state index contributed by atoms with van der Waals surface area (Å²) in [5.74, 6) is -0.434. The van der Waals surface area contributed by atoms with Crippen LogP contribution >= 0.6 is 0 Å². The Kier molecular flexibility index (Phi) is 4.48. The molecule has 0 aromatic heterocycles. The van der Waals surface area contributed by atoms with Gasteiger partial charge in [0, 0.05) is 12.6 Å². The van der Waals surface area contributed by atoms with Crippen LogP contribution in [0.15, 0.2) is 24.3 Å². The fourth-order valence-corrected chi connectivity index (χ4v) is 1.65. The zero-order chi connectivity index (χ0) is 13.8. The van der Waals surface area contributed by atoms with E-state index in [2.05, 4.69) is 31.4 Å². The van der Waals surface area contributed by atoms with Crippen LogP contribution in [0.1, 0.15) is 33.3 Å². The van der Waals surface area contributed by atoms with Crippen molar-refractivity contribution >= 4 is 17.5 Å². The number of nitrogens with one attached hydrogen (secondary N) is 2. The molecule has 0 saturated heterocycles. The van der Waals surface area contributed by atoms with Gasteiger partial charge in [-0.15, -0.1) is 0 Å². The third kappa shape index (κ3) is 4.20. The van der Waals surface area contributed by atoms with Crippen molar-refractivity contribution in [1.29, 1.82) is 0 Å². The van der Waals surface area contributed by atoms with Crippen molar-refractivity contribution in [2.45, 2.75) is 33.1 Å². The molecule has 0 unspecified atom stereocenters. The van der Waals surface area contributed by atoms with Gasteiger partial charge in [0.15, 0.2) is 0 Å². The van der Waals surface area contributed by atoms with Crippen molar-refractivity contribution in [3.05, 3.63) is 29.8 Å². The summed E-state index contributed by atoms with van der Waals surface area (Å²) in [7, 11) is 0. The summed E-state index contributed by atoms with van der Waals surface area (Å²) in [6, 6.07) is 7.69. The minimum atomic E-state index is -0.220. The van der Waals surface area contributed by atoms with Crippen molar-refractivity contribution in [2.24, 2.45) is 0 Å². The van der Waals surface area contributed by atoms with E-state index in [1.54, 1.807) is 0 Å². The van der Waals surface area contributed by atoms with E-state index < -0.39 is 0 Å². The number of hydrogen-bond donors (Lipinski definition) is 2. The van der Waals surface area contributed by atoms with Gasteiger partial charge in [-0.2, -0.15) is 0 Å². The average Bonchev–Trinajstić information content (AvgIpc) is 2.25. The topological polar surface area (TPSA) is 58.2 Å². The Morgan fingerprint density at radius 2 is 1.78 bits per heavy atom. The normalized spacial score (nSPS) is 10.9. The van der Waals surface area contributed by atoms with Crippen LogP contribution in [-0.2, 0) is 15.0 Å². The minimum Gasteiger partial charge on any atom is -0.347 e. The first-order valence-corrected chi connectivity index (χ1v) is 5.94. The van der Waals surface area contributed by atoms with E-state index in [9.17, 15) is 9.59 Å². The van der Waals surface area contributed by atoms with Crippen molar-refractivity contribution in [1.82, 2.24) is 5.32 Å². The lowest BCUT2D eigenvalue weighted by atomic mass is 9.86. The average molecular weight is 248 g/mol. The summed E-state index contributed by atoms with van der Waals surface area (Å²) in [6.45, 7) is 7.65. The fraction of sp³-hybridized carbons (Fsp3) is 0.429. The van der Waals surface area contributed by atoms with Crippen LogP contribution in [0.2, 0.25) is 0 Å². The van der Waals surface area contributed by atoms with Gasteiger partial charge in [0.25, 0.3) is 0 Å². The van der Waals surface area contributed by atoms with Crippen molar-refractivity contribution < 1.29 is 9.59 Å². The molecule has 0 spiro atoms. The number of carbonyl (C=O) groups excluding carboxylic acids is 2. The van der Waals surface area contributed by atoms with Crippen LogP contribution in [0.4, 0.5) is 5.69 Å². The predicted octanol–water partition coefficient (Wildman–Crippen LogP) is 2.06. The van der Waals surface area contributed by atoms with Crippen molar-refractivity contribution in [3.63, 3.8) is 0 Å². The lowest BCUT2D eigenvalue weighted by Crippen LogP contribution is -2.31. The second kappa shape index (κ2) is 5.67. The summed E-state index contributed by atoms with van der Waals surface area (Å²) in [5.41, 5.74) is 1.82. The molecule has 0 aliphatic carbocycles. The summed E-state index contributed by atoms with van der Waals surface area (Å²) < 4.78 is 0. The van der Waals surface area contributed by atoms with Crippen molar-refractivity contribution in [3.8, 4) is 0 Å². The number of anilines is 1. The first-order valence-electron chi connectivity index (χ1n) is 5.94. The molecule has 4 nitrogen and oxygen atoms in total. The van der Waals surface area contributed by atoms with Gasteiger partial charge in [0.1, 0.15) is 0 Å². The smallest absolute Gasteiger partial charge is 0.243 e. The molecule has 0 fully saturated rings. The Balaban J connectivity index is 2.79. The predicted molar refractivity (Wildman–Crippen MR) is 72.5 cm³/mol. The number of amides is 2. The second-order valence-corrected chi connectivity index (χ2v) is 5.25. The molecule has 0 heterocycles. The van der Waals surface area contributed by atoms with Crippen LogP contribution in [-0.4, -0.2) is 18.4 Å². The number of rotatable bonds is 3. The van der Waals surface area contributed by atoms with Crippen LogP contribution in [0.5, 0.6) is 0 Å². The Hall–Kier alpha value is -1.84. The van der Waals surface area contributed by atoms with Crippen LogP contribution in [0.25, 0.3) is 0 Å². The monoisotopic (exact) mass is 248 g/mol. The Morgan fingerprint density at radius 1 is 1.17 bits per heavy atom. The highest BCUT2D eigenvalue weighted by molar-refractivity contribution is 5.95. The van der Waals surface area contributed by atoms with E-state index in [0.29, 0.717) is 0 Å². The highest BCUT2D eigenvalue weighted by Crippen LogP contribution is 2.28. The molecule has 0 aliphatic rings. The van der Waals surface area contributed by atoms with Gasteiger partial charge in [0.2, 0.25) is 11.8 Å². The molecule has 2 N–H and O–H groups in total. The molecule has 98 valence electrons. The third-order valence-corrected chi connectivity index (χ3v) is 2.51. The molecule has 0 radical (unpaired) electrons. The molecule has 1 rings (SSSR count). The van der Waals surface area contributed by atoms with Gasteiger partial charge in [0.05, 0.1) is 6.54 Å². The molecule has 1 aromatic rings. The molecule has 0 saturated carbocycles. The zero-order valence-corrected chi connectivity index (χ0v) is 11.3. The summed E-state index contributed by atoms with van der Waals surface area (Å²) in [5, 5.41) is 5.29. The third-order valence-electron chi connectivity index (χ3n) is 2.51. The van der Waals surface area contributed by atoms with Crippen LogP contribution < -0.4 is 10.6 Å². The maximum atomic E-state index is 11.7. The molecular formula is C14H20N2O2. The van der Waals surface area contributed by atoms with Gasteiger partial charge < -0.3 is 10.6 Å². The van der Waals surface area contributed by atoms with Gasteiger partial charge in [-0.1, -0.05) is 39.0 Å².